The molecule has 19 heavy (non-hydrogen) atoms. The highest BCUT2D eigenvalue weighted by molar-refractivity contribution is 5.94. The van der Waals surface area contributed by atoms with Crippen LogP contribution in [0.4, 0.5) is 5.82 Å². The highest BCUT2D eigenvalue weighted by atomic mass is 16.4. The summed E-state index contributed by atoms with van der Waals surface area (Å²) in [6.07, 6.45) is 9.34. The van der Waals surface area contributed by atoms with E-state index >= 15 is 0 Å². The first-order valence-corrected chi connectivity index (χ1v) is 6.82. The van der Waals surface area contributed by atoms with Gasteiger partial charge in [-0.3, -0.25) is 0 Å². The molecule has 6 nitrogen and oxygen atoms in total. The van der Waals surface area contributed by atoms with Crippen molar-refractivity contribution in [2.75, 3.05) is 11.4 Å². The molecule has 1 aromatic heterocycles. The van der Waals surface area contributed by atoms with Crippen LogP contribution in [0.5, 0.6) is 0 Å². The van der Waals surface area contributed by atoms with Gasteiger partial charge in [0.05, 0.1) is 12.4 Å². The van der Waals surface area contributed by atoms with Gasteiger partial charge in [0.1, 0.15) is 11.5 Å². The number of piperidine rings is 1. The number of rotatable bonds is 4. The minimum Gasteiger partial charge on any atom is -0.409 e. The molecule has 0 saturated carbocycles. The van der Waals surface area contributed by atoms with Crippen molar-refractivity contribution in [3.8, 4) is 0 Å². The maximum Gasteiger partial charge on any atom is 0.190 e. The first-order chi connectivity index (χ1) is 9.26. The molecule has 6 heteroatoms. The highest BCUT2D eigenvalue weighted by Crippen LogP contribution is 2.25. The second-order valence-corrected chi connectivity index (χ2v) is 4.88. The lowest BCUT2D eigenvalue weighted by Gasteiger charge is -2.36. The molecule has 0 aromatic carbocycles. The van der Waals surface area contributed by atoms with Gasteiger partial charge in [0.2, 0.25) is 0 Å². The largest absolute Gasteiger partial charge is 0.409 e. The summed E-state index contributed by atoms with van der Waals surface area (Å²) in [6.45, 7) is 3.24. The second-order valence-electron chi connectivity index (χ2n) is 4.88. The number of anilines is 1. The molecule has 0 radical (unpaired) electrons. The number of hydrogen-bond donors (Lipinski definition) is 2. The predicted octanol–water partition coefficient (Wildman–Crippen LogP) is 1.73. The maximum absolute atomic E-state index is 8.60. The number of amidine groups is 1. The Bertz CT molecular complexity index is 429. The summed E-state index contributed by atoms with van der Waals surface area (Å²) in [4.78, 5) is 10.9. The maximum atomic E-state index is 8.60. The molecule has 3 N–H and O–H groups in total. The Labute approximate surface area is 113 Å². The van der Waals surface area contributed by atoms with Gasteiger partial charge in [0.25, 0.3) is 0 Å². The molecule has 2 heterocycles. The molecule has 1 unspecified atom stereocenters. The van der Waals surface area contributed by atoms with Crippen molar-refractivity contribution in [3.05, 3.63) is 18.1 Å². The van der Waals surface area contributed by atoms with Gasteiger partial charge in [-0.15, -0.1) is 0 Å². The van der Waals surface area contributed by atoms with Crippen LogP contribution in [-0.2, 0) is 0 Å². The van der Waals surface area contributed by atoms with Crippen molar-refractivity contribution >= 4 is 11.7 Å². The summed E-state index contributed by atoms with van der Waals surface area (Å²) in [7, 11) is 0. The van der Waals surface area contributed by atoms with Crippen molar-refractivity contribution < 1.29 is 5.21 Å². The first kappa shape index (κ1) is 13.6. The zero-order chi connectivity index (χ0) is 13.7. The molecule has 1 aromatic rings. The third kappa shape index (κ3) is 3.13. The molecule has 1 atom stereocenters. The first-order valence-electron chi connectivity index (χ1n) is 6.82. The third-order valence-corrected chi connectivity index (χ3v) is 3.55. The molecular formula is C13H21N5O. The van der Waals surface area contributed by atoms with E-state index in [1.807, 2.05) is 0 Å². The molecule has 0 aliphatic carbocycles. The minimum absolute atomic E-state index is 0.0113. The highest BCUT2D eigenvalue weighted by Gasteiger charge is 2.23. The number of nitrogens with zero attached hydrogens (tertiary/aromatic N) is 4. The van der Waals surface area contributed by atoms with E-state index in [1.54, 1.807) is 12.4 Å². The summed E-state index contributed by atoms with van der Waals surface area (Å²) >= 11 is 0. The molecule has 1 fully saturated rings. The van der Waals surface area contributed by atoms with E-state index in [9.17, 15) is 0 Å². The van der Waals surface area contributed by atoms with Gasteiger partial charge in [0, 0.05) is 12.6 Å². The number of nitrogens with two attached hydrogens (primary N) is 1. The Balaban J connectivity index is 2.15. The predicted molar refractivity (Wildman–Crippen MR) is 74.4 cm³/mol. The van der Waals surface area contributed by atoms with Crippen LogP contribution in [0.1, 0.15) is 44.7 Å². The Morgan fingerprint density at radius 3 is 2.95 bits per heavy atom. The number of hydrogen-bond acceptors (Lipinski definition) is 5. The van der Waals surface area contributed by atoms with E-state index in [0.717, 1.165) is 12.4 Å². The van der Waals surface area contributed by atoms with Crippen molar-refractivity contribution in [2.24, 2.45) is 10.9 Å². The van der Waals surface area contributed by atoms with Crippen molar-refractivity contribution in [3.63, 3.8) is 0 Å². The lowest BCUT2D eigenvalue weighted by molar-refractivity contribution is 0.318. The van der Waals surface area contributed by atoms with Gasteiger partial charge in [-0.25, -0.2) is 9.97 Å². The van der Waals surface area contributed by atoms with E-state index in [1.165, 1.54) is 32.1 Å². The van der Waals surface area contributed by atoms with Gasteiger partial charge < -0.3 is 15.8 Å². The van der Waals surface area contributed by atoms with Crippen LogP contribution < -0.4 is 10.6 Å². The average Bonchev–Trinajstić information content (AvgIpc) is 2.47. The van der Waals surface area contributed by atoms with Crippen LogP contribution in [0.15, 0.2) is 17.5 Å². The van der Waals surface area contributed by atoms with Crippen LogP contribution >= 0.6 is 0 Å². The molecule has 0 bridgehead atoms. The van der Waals surface area contributed by atoms with E-state index < -0.39 is 0 Å². The van der Waals surface area contributed by atoms with Crippen LogP contribution in [-0.4, -0.2) is 33.6 Å². The summed E-state index contributed by atoms with van der Waals surface area (Å²) in [6, 6.07) is 0.558. The van der Waals surface area contributed by atoms with Crippen molar-refractivity contribution in [1.29, 1.82) is 0 Å². The zero-order valence-corrected chi connectivity index (χ0v) is 11.3. The summed E-state index contributed by atoms with van der Waals surface area (Å²) in [5.74, 6) is 0.871. The molecular weight excluding hydrogens is 242 g/mol. The fourth-order valence-corrected chi connectivity index (χ4v) is 2.59. The number of aromatic nitrogens is 2. The van der Waals surface area contributed by atoms with E-state index in [2.05, 4.69) is 26.9 Å². The van der Waals surface area contributed by atoms with Crippen LogP contribution in [0.25, 0.3) is 0 Å². The molecule has 1 aliphatic rings. The summed E-state index contributed by atoms with van der Waals surface area (Å²) in [5, 5.41) is 11.5. The smallest absolute Gasteiger partial charge is 0.190 e. The number of oxime groups is 1. The van der Waals surface area contributed by atoms with E-state index in [0.29, 0.717) is 11.7 Å². The molecule has 0 amide bonds. The average molecular weight is 263 g/mol. The van der Waals surface area contributed by atoms with Crippen LogP contribution in [0.2, 0.25) is 0 Å². The monoisotopic (exact) mass is 263 g/mol. The lowest BCUT2D eigenvalue weighted by Crippen LogP contribution is -2.40. The van der Waals surface area contributed by atoms with Gasteiger partial charge in [-0.05, 0) is 25.7 Å². The molecule has 1 aliphatic heterocycles. The third-order valence-electron chi connectivity index (χ3n) is 3.55. The van der Waals surface area contributed by atoms with Crippen molar-refractivity contribution in [1.82, 2.24) is 9.97 Å². The zero-order valence-electron chi connectivity index (χ0n) is 11.3. The molecule has 2 rings (SSSR count). The van der Waals surface area contributed by atoms with Crippen LogP contribution in [0, 0.1) is 0 Å². The van der Waals surface area contributed by atoms with E-state index in [4.69, 9.17) is 10.9 Å². The fourth-order valence-electron chi connectivity index (χ4n) is 2.59. The van der Waals surface area contributed by atoms with E-state index in [-0.39, 0.29) is 5.84 Å². The normalized spacial score (nSPS) is 20.6. The Morgan fingerprint density at radius 1 is 1.47 bits per heavy atom. The molecule has 0 spiro atoms. The molecule has 1 saturated heterocycles. The fraction of sp³-hybridized carbons (Fsp3) is 0.615. The second kappa shape index (κ2) is 6.36. The van der Waals surface area contributed by atoms with Gasteiger partial charge in [-0.2, -0.15) is 0 Å². The summed E-state index contributed by atoms with van der Waals surface area (Å²) in [5.41, 5.74) is 5.88. The SMILES string of the molecule is CCCC1CCCCN1c1cnc(C(N)=NO)cn1. The van der Waals surface area contributed by atoms with Gasteiger partial charge in [0.15, 0.2) is 5.84 Å². The lowest BCUT2D eigenvalue weighted by atomic mass is 9.98. The van der Waals surface area contributed by atoms with Crippen molar-refractivity contribution in [2.45, 2.75) is 45.1 Å². The Kier molecular flexibility index (Phi) is 4.54. The standard InChI is InChI=1S/C13H21N5O/c1-2-5-10-6-3-4-7-18(10)12-9-15-11(8-16-12)13(14)17-19/h8-10,19H,2-7H2,1H3,(H2,14,17). The molecule has 104 valence electrons. The minimum atomic E-state index is -0.0113. The Hall–Kier alpha value is -1.85. The van der Waals surface area contributed by atoms with Crippen LogP contribution in [0.3, 0.4) is 0 Å². The topological polar surface area (TPSA) is 87.6 Å². The quantitative estimate of drug-likeness (QED) is 0.374. The van der Waals surface area contributed by atoms with Gasteiger partial charge >= 0.3 is 0 Å². The summed E-state index contributed by atoms with van der Waals surface area (Å²) < 4.78 is 0. The Morgan fingerprint density at radius 2 is 2.32 bits per heavy atom. The van der Waals surface area contributed by atoms with Gasteiger partial charge in [-0.1, -0.05) is 18.5 Å².